The average Bonchev–Trinajstić information content (AvgIpc) is 2.47. The number of benzene rings is 1. The van der Waals surface area contributed by atoms with Crippen molar-refractivity contribution in [2.24, 2.45) is 0 Å². The number of hydrogen-bond donors (Lipinski definition) is 2. The molecule has 7 heteroatoms. The fourth-order valence-corrected chi connectivity index (χ4v) is 1.86. The average molecular weight is 306 g/mol. The summed E-state index contributed by atoms with van der Waals surface area (Å²) in [4.78, 5) is 16.0. The second kappa shape index (κ2) is 6.75. The van der Waals surface area contributed by atoms with Crippen LogP contribution in [0.5, 0.6) is 17.4 Å². The number of aromatic hydroxyl groups is 1. The number of hydrogen-bond acceptors (Lipinski definition) is 5. The molecule has 0 radical (unpaired) electrons. The van der Waals surface area contributed by atoms with Gasteiger partial charge in [0.1, 0.15) is 17.1 Å². The SMILES string of the molecule is CCOc1cccc(O)c1C(=O)Nc1cnc(OC)c(F)c1. The Morgan fingerprint density at radius 1 is 1.45 bits per heavy atom. The molecule has 0 aliphatic carbocycles. The van der Waals surface area contributed by atoms with Gasteiger partial charge in [-0.3, -0.25) is 4.79 Å². The molecule has 0 unspecified atom stereocenters. The van der Waals surface area contributed by atoms with E-state index in [1.165, 1.54) is 19.4 Å². The monoisotopic (exact) mass is 306 g/mol. The molecule has 6 nitrogen and oxygen atoms in total. The van der Waals surface area contributed by atoms with Gasteiger partial charge in [-0.05, 0) is 19.1 Å². The molecule has 1 aromatic carbocycles. The zero-order chi connectivity index (χ0) is 16.1. The minimum absolute atomic E-state index is 0.0272. The van der Waals surface area contributed by atoms with Crippen LogP contribution in [0.15, 0.2) is 30.5 Å². The molecule has 0 aliphatic rings. The number of amides is 1. The van der Waals surface area contributed by atoms with Crippen LogP contribution in [-0.2, 0) is 0 Å². The van der Waals surface area contributed by atoms with Crippen LogP contribution in [-0.4, -0.2) is 29.7 Å². The molecule has 22 heavy (non-hydrogen) atoms. The Labute approximate surface area is 126 Å². The zero-order valence-electron chi connectivity index (χ0n) is 12.1. The molecular formula is C15H15FN2O4. The van der Waals surface area contributed by atoms with E-state index in [1.54, 1.807) is 19.1 Å². The molecule has 0 atom stereocenters. The van der Waals surface area contributed by atoms with Crippen molar-refractivity contribution in [1.82, 2.24) is 4.98 Å². The van der Waals surface area contributed by atoms with Crippen molar-refractivity contribution in [3.05, 3.63) is 41.8 Å². The lowest BCUT2D eigenvalue weighted by Crippen LogP contribution is -2.14. The second-order valence-corrected chi connectivity index (χ2v) is 4.25. The maximum atomic E-state index is 13.6. The van der Waals surface area contributed by atoms with Crippen molar-refractivity contribution in [2.45, 2.75) is 6.92 Å². The van der Waals surface area contributed by atoms with Crippen molar-refractivity contribution < 1.29 is 23.8 Å². The molecule has 0 saturated heterocycles. The first-order chi connectivity index (χ1) is 10.6. The number of nitrogens with zero attached hydrogens (tertiary/aromatic N) is 1. The Kier molecular flexibility index (Phi) is 4.77. The van der Waals surface area contributed by atoms with Gasteiger partial charge in [-0.2, -0.15) is 0 Å². The molecule has 1 heterocycles. The Balaban J connectivity index is 2.28. The van der Waals surface area contributed by atoms with E-state index >= 15 is 0 Å². The molecule has 0 bridgehead atoms. The molecule has 0 spiro atoms. The Morgan fingerprint density at radius 2 is 2.23 bits per heavy atom. The van der Waals surface area contributed by atoms with E-state index in [2.05, 4.69) is 10.3 Å². The highest BCUT2D eigenvalue weighted by atomic mass is 19.1. The van der Waals surface area contributed by atoms with Crippen molar-refractivity contribution in [3.8, 4) is 17.4 Å². The summed E-state index contributed by atoms with van der Waals surface area (Å²) in [5, 5.41) is 12.3. The van der Waals surface area contributed by atoms with Crippen LogP contribution in [0, 0.1) is 5.82 Å². The number of nitrogens with one attached hydrogen (secondary N) is 1. The van der Waals surface area contributed by atoms with Crippen molar-refractivity contribution in [3.63, 3.8) is 0 Å². The second-order valence-electron chi connectivity index (χ2n) is 4.25. The molecule has 0 saturated carbocycles. The summed E-state index contributed by atoms with van der Waals surface area (Å²) in [6.07, 6.45) is 1.25. The number of phenols is 1. The molecule has 116 valence electrons. The number of phenolic OH excluding ortho intramolecular Hbond substituents is 1. The highest BCUT2D eigenvalue weighted by Crippen LogP contribution is 2.28. The molecule has 0 aliphatic heterocycles. The van der Waals surface area contributed by atoms with E-state index in [4.69, 9.17) is 9.47 Å². The fraction of sp³-hybridized carbons (Fsp3) is 0.200. The van der Waals surface area contributed by atoms with E-state index in [-0.39, 0.29) is 28.6 Å². The van der Waals surface area contributed by atoms with Crippen LogP contribution in [0.3, 0.4) is 0 Å². The molecule has 2 aromatic rings. The van der Waals surface area contributed by atoms with Crippen molar-refractivity contribution >= 4 is 11.6 Å². The zero-order valence-corrected chi connectivity index (χ0v) is 12.1. The van der Waals surface area contributed by atoms with E-state index in [9.17, 15) is 14.3 Å². The summed E-state index contributed by atoms with van der Waals surface area (Å²) >= 11 is 0. The lowest BCUT2D eigenvalue weighted by atomic mass is 10.1. The summed E-state index contributed by atoms with van der Waals surface area (Å²) in [6, 6.07) is 5.56. The van der Waals surface area contributed by atoms with E-state index in [0.29, 0.717) is 6.61 Å². The van der Waals surface area contributed by atoms with Gasteiger partial charge in [0.15, 0.2) is 5.82 Å². The van der Waals surface area contributed by atoms with Gasteiger partial charge in [-0.25, -0.2) is 9.37 Å². The third-order valence-corrected chi connectivity index (χ3v) is 2.79. The highest BCUT2D eigenvalue weighted by molar-refractivity contribution is 6.08. The lowest BCUT2D eigenvalue weighted by molar-refractivity contribution is 0.102. The topological polar surface area (TPSA) is 80.7 Å². The van der Waals surface area contributed by atoms with Crippen LogP contribution in [0.4, 0.5) is 10.1 Å². The minimum atomic E-state index is -0.706. The van der Waals surface area contributed by atoms with Gasteiger partial charge in [0.25, 0.3) is 5.91 Å². The molecule has 0 fully saturated rings. The van der Waals surface area contributed by atoms with Gasteiger partial charge < -0.3 is 19.9 Å². The largest absolute Gasteiger partial charge is 0.507 e. The maximum absolute atomic E-state index is 13.6. The number of aromatic nitrogens is 1. The third-order valence-electron chi connectivity index (χ3n) is 2.79. The molecular weight excluding hydrogens is 291 g/mol. The summed E-state index contributed by atoms with van der Waals surface area (Å²) < 4.78 is 23.6. The summed E-state index contributed by atoms with van der Waals surface area (Å²) in [5.74, 6) is -1.50. The number of pyridine rings is 1. The molecule has 2 rings (SSSR count). The fourth-order valence-electron chi connectivity index (χ4n) is 1.86. The summed E-state index contributed by atoms with van der Waals surface area (Å²) in [5.41, 5.74) is 0.106. The predicted octanol–water partition coefficient (Wildman–Crippen LogP) is 2.59. The smallest absolute Gasteiger partial charge is 0.263 e. The lowest BCUT2D eigenvalue weighted by Gasteiger charge is -2.12. The number of methoxy groups -OCH3 is 1. The van der Waals surface area contributed by atoms with Gasteiger partial charge in [0.05, 0.1) is 25.6 Å². The Hall–Kier alpha value is -2.83. The van der Waals surface area contributed by atoms with Gasteiger partial charge in [-0.15, -0.1) is 0 Å². The van der Waals surface area contributed by atoms with Crippen molar-refractivity contribution in [1.29, 1.82) is 0 Å². The van der Waals surface area contributed by atoms with Gasteiger partial charge in [-0.1, -0.05) is 6.07 Å². The van der Waals surface area contributed by atoms with E-state index in [0.717, 1.165) is 6.07 Å². The molecule has 1 amide bonds. The van der Waals surface area contributed by atoms with Gasteiger partial charge in [0, 0.05) is 6.07 Å². The first kappa shape index (κ1) is 15.6. The third kappa shape index (κ3) is 3.25. The highest BCUT2D eigenvalue weighted by Gasteiger charge is 2.18. The Bertz CT molecular complexity index is 691. The van der Waals surface area contributed by atoms with Crippen LogP contribution in [0.2, 0.25) is 0 Å². The number of carbonyl (C=O) groups excluding carboxylic acids is 1. The number of rotatable bonds is 5. The van der Waals surface area contributed by atoms with E-state index in [1.807, 2.05) is 0 Å². The minimum Gasteiger partial charge on any atom is -0.507 e. The van der Waals surface area contributed by atoms with Crippen LogP contribution >= 0.6 is 0 Å². The molecule has 2 N–H and O–H groups in total. The Morgan fingerprint density at radius 3 is 2.86 bits per heavy atom. The predicted molar refractivity (Wildman–Crippen MR) is 78.0 cm³/mol. The number of anilines is 1. The van der Waals surface area contributed by atoms with Crippen LogP contribution in [0.1, 0.15) is 17.3 Å². The molecule has 1 aromatic heterocycles. The summed E-state index contributed by atoms with van der Waals surface area (Å²) in [7, 11) is 1.29. The standard InChI is InChI=1S/C15H15FN2O4/c1-3-22-12-6-4-5-11(19)13(12)14(20)18-9-7-10(16)15(21-2)17-8-9/h4-8,19H,3H2,1-2H3,(H,18,20). The van der Waals surface area contributed by atoms with Crippen LogP contribution < -0.4 is 14.8 Å². The quantitative estimate of drug-likeness (QED) is 0.887. The first-order valence-electron chi connectivity index (χ1n) is 6.52. The number of carbonyl (C=O) groups is 1. The van der Waals surface area contributed by atoms with E-state index < -0.39 is 11.7 Å². The van der Waals surface area contributed by atoms with Crippen LogP contribution in [0.25, 0.3) is 0 Å². The normalized spacial score (nSPS) is 10.1. The van der Waals surface area contributed by atoms with Crippen molar-refractivity contribution in [2.75, 3.05) is 19.0 Å². The van der Waals surface area contributed by atoms with Gasteiger partial charge in [0.2, 0.25) is 5.88 Å². The maximum Gasteiger partial charge on any atom is 0.263 e. The number of halogens is 1. The summed E-state index contributed by atoms with van der Waals surface area (Å²) in [6.45, 7) is 2.09. The van der Waals surface area contributed by atoms with Gasteiger partial charge >= 0.3 is 0 Å². The first-order valence-corrected chi connectivity index (χ1v) is 6.52. The number of ether oxygens (including phenoxy) is 2.